The smallest absolute Gasteiger partial charge is 0.253 e. The van der Waals surface area contributed by atoms with Gasteiger partial charge in [0.1, 0.15) is 0 Å². The number of hydrogen-bond donors (Lipinski definition) is 1. The van der Waals surface area contributed by atoms with Gasteiger partial charge in [0.25, 0.3) is 5.91 Å². The van der Waals surface area contributed by atoms with Gasteiger partial charge in [0, 0.05) is 49.5 Å². The molecule has 1 aliphatic carbocycles. The normalized spacial score (nSPS) is 21.0. The number of likely N-dealkylation sites (tertiary alicyclic amines) is 1. The van der Waals surface area contributed by atoms with Crippen LogP contribution in [-0.4, -0.2) is 49.1 Å². The summed E-state index contributed by atoms with van der Waals surface area (Å²) in [5.74, 6) is 0.116. The van der Waals surface area contributed by atoms with Crippen LogP contribution in [0.1, 0.15) is 66.6 Å². The number of aryl methyl sites for hydroxylation is 2. The highest BCUT2D eigenvalue weighted by Crippen LogP contribution is 2.45. The quantitative estimate of drug-likeness (QED) is 0.556. The third kappa shape index (κ3) is 4.81. The minimum atomic E-state index is 0.0835. The SMILES string of the molecule is C/C=C(/C(C)=C/c1ccccc1C)N1CCN(C2CC2)c2cc(C(=O)N3CCCC(N)C3)cc(C)c21. The van der Waals surface area contributed by atoms with E-state index in [0.717, 1.165) is 43.6 Å². The summed E-state index contributed by atoms with van der Waals surface area (Å²) in [6.45, 7) is 12.0. The van der Waals surface area contributed by atoms with Gasteiger partial charge in [-0.1, -0.05) is 30.3 Å². The summed E-state index contributed by atoms with van der Waals surface area (Å²) in [7, 11) is 0. The molecule has 3 aliphatic rings. The molecule has 2 aromatic rings. The van der Waals surface area contributed by atoms with E-state index in [4.69, 9.17) is 5.73 Å². The van der Waals surface area contributed by atoms with Crippen LogP contribution in [0.3, 0.4) is 0 Å². The Labute approximate surface area is 216 Å². The van der Waals surface area contributed by atoms with Gasteiger partial charge < -0.3 is 20.4 Å². The van der Waals surface area contributed by atoms with Crippen molar-refractivity contribution in [3.63, 3.8) is 0 Å². The Hall–Kier alpha value is -3.05. The number of hydrogen-bond acceptors (Lipinski definition) is 4. The molecule has 1 amide bonds. The fourth-order valence-electron chi connectivity index (χ4n) is 5.93. The summed E-state index contributed by atoms with van der Waals surface area (Å²) in [5, 5.41) is 0. The van der Waals surface area contributed by atoms with E-state index in [0.29, 0.717) is 12.6 Å². The number of carbonyl (C=O) groups excluding carboxylic acids is 1. The standard InChI is InChI=1S/C31H40N4O/c1-5-28(22(3)17-24-10-7-6-9-21(24)2)35-16-15-34(27-12-13-27)29-19-25(18-23(4)30(29)35)31(36)33-14-8-11-26(32)20-33/h5-7,9-10,17-19,26-27H,8,11-16,20,32H2,1-4H3/b22-17+,28-5-. The predicted molar refractivity (Wildman–Crippen MR) is 151 cm³/mol. The molecule has 1 saturated carbocycles. The number of rotatable bonds is 5. The first-order valence-electron chi connectivity index (χ1n) is 13.5. The molecule has 2 N–H and O–H groups in total. The molecule has 0 radical (unpaired) electrons. The molecule has 0 spiro atoms. The monoisotopic (exact) mass is 484 g/mol. The van der Waals surface area contributed by atoms with Gasteiger partial charge in [-0.15, -0.1) is 0 Å². The predicted octanol–water partition coefficient (Wildman–Crippen LogP) is 5.66. The molecular weight excluding hydrogens is 444 g/mol. The molecule has 2 aromatic carbocycles. The molecule has 2 fully saturated rings. The van der Waals surface area contributed by atoms with Crippen molar-refractivity contribution < 1.29 is 4.79 Å². The number of carbonyl (C=O) groups is 1. The lowest BCUT2D eigenvalue weighted by Gasteiger charge is -2.42. The number of nitrogens with two attached hydrogens (primary N) is 1. The van der Waals surface area contributed by atoms with E-state index in [-0.39, 0.29) is 11.9 Å². The largest absolute Gasteiger partial charge is 0.365 e. The highest BCUT2D eigenvalue weighted by atomic mass is 16.2. The number of nitrogens with zero attached hydrogens (tertiary/aromatic N) is 3. The van der Waals surface area contributed by atoms with Gasteiger partial charge in [-0.3, -0.25) is 4.79 Å². The van der Waals surface area contributed by atoms with Crippen LogP contribution >= 0.6 is 0 Å². The minimum absolute atomic E-state index is 0.0835. The van der Waals surface area contributed by atoms with Crippen LogP contribution in [0.2, 0.25) is 0 Å². The Balaban J connectivity index is 1.52. The molecule has 36 heavy (non-hydrogen) atoms. The fourth-order valence-corrected chi connectivity index (χ4v) is 5.93. The molecule has 0 aromatic heterocycles. The molecule has 5 nitrogen and oxygen atoms in total. The highest BCUT2D eigenvalue weighted by Gasteiger charge is 2.36. The number of piperidine rings is 1. The number of benzene rings is 2. The van der Waals surface area contributed by atoms with Crippen molar-refractivity contribution in [1.82, 2.24) is 4.90 Å². The van der Waals surface area contributed by atoms with E-state index >= 15 is 0 Å². The molecule has 5 rings (SSSR count). The zero-order valence-corrected chi connectivity index (χ0v) is 22.3. The van der Waals surface area contributed by atoms with E-state index < -0.39 is 0 Å². The Morgan fingerprint density at radius 1 is 1.03 bits per heavy atom. The second kappa shape index (κ2) is 10.1. The van der Waals surface area contributed by atoms with Gasteiger partial charge in [-0.25, -0.2) is 0 Å². The number of amides is 1. The van der Waals surface area contributed by atoms with Crippen molar-refractivity contribution in [3.05, 3.63) is 76.0 Å². The van der Waals surface area contributed by atoms with E-state index in [9.17, 15) is 4.79 Å². The zero-order chi connectivity index (χ0) is 25.4. The summed E-state index contributed by atoms with van der Waals surface area (Å²) < 4.78 is 0. The maximum Gasteiger partial charge on any atom is 0.253 e. The van der Waals surface area contributed by atoms with Crippen molar-refractivity contribution in [1.29, 1.82) is 0 Å². The van der Waals surface area contributed by atoms with Crippen molar-refractivity contribution in [2.45, 2.75) is 65.5 Å². The number of anilines is 2. The van der Waals surface area contributed by atoms with Crippen LogP contribution in [0.5, 0.6) is 0 Å². The first kappa shape index (κ1) is 24.6. The highest BCUT2D eigenvalue weighted by molar-refractivity contribution is 5.98. The van der Waals surface area contributed by atoms with Gasteiger partial charge in [0.15, 0.2) is 0 Å². The lowest BCUT2D eigenvalue weighted by Crippen LogP contribution is -2.46. The molecule has 190 valence electrons. The van der Waals surface area contributed by atoms with Crippen molar-refractivity contribution in [2.75, 3.05) is 36.0 Å². The average Bonchev–Trinajstić information content (AvgIpc) is 3.70. The summed E-state index contributed by atoms with van der Waals surface area (Å²) in [6.07, 6.45) is 8.98. The molecule has 1 saturated heterocycles. The van der Waals surface area contributed by atoms with Crippen molar-refractivity contribution >= 4 is 23.4 Å². The Morgan fingerprint density at radius 3 is 2.50 bits per heavy atom. The van der Waals surface area contributed by atoms with Crippen LogP contribution in [0.25, 0.3) is 6.08 Å². The van der Waals surface area contributed by atoms with Gasteiger partial charge in [-0.2, -0.15) is 0 Å². The van der Waals surface area contributed by atoms with E-state index in [1.54, 1.807) is 0 Å². The summed E-state index contributed by atoms with van der Waals surface area (Å²) in [4.78, 5) is 20.5. The third-order valence-corrected chi connectivity index (χ3v) is 7.93. The molecule has 1 unspecified atom stereocenters. The molecule has 5 heteroatoms. The average molecular weight is 485 g/mol. The summed E-state index contributed by atoms with van der Waals surface area (Å²) in [6, 6.07) is 13.5. The molecule has 0 bridgehead atoms. The minimum Gasteiger partial charge on any atom is -0.365 e. The Morgan fingerprint density at radius 2 is 1.81 bits per heavy atom. The van der Waals surface area contributed by atoms with Crippen LogP contribution < -0.4 is 15.5 Å². The van der Waals surface area contributed by atoms with Crippen molar-refractivity contribution in [2.24, 2.45) is 5.73 Å². The third-order valence-electron chi connectivity index (χ3n) is 7.93. The van der Waals surface area contributed by atoms with Crippen LogP contribution in [0, 0.1) is 13.8 Å². The van der Waals surface area contributed by atoms with E-state index in [2.05, 4.69) is 86.0 Å². The second-order valence-electron chi connectivity index (χ2n) is 10.7. The molecular formula is C31H40N4O. The maximum absolute atomic E-state index is 13.5. The first-order valence-corrected chi connectivity index (χ1v) is 13.5. The Kier molecular flexibility index (Phi) is 6.94. The zero-order valence-electron chi connectivity index (χ0n) is 22.3. The second-order valence-corrected chi connectivity index (χ2v) is 10.7. The molecule has 1 atom stereocenters. The number of allylic oxidation sites excluding steroid dienone is 2. The van der Waals surface area contributed by atoms with Gasteiger partial charge in [0.05, 0.1) is 11.4 Å². The van der Waals surface area contributed by atoms with E-state index in [1.165, 1.54) is 46.6 Å². The van der Waals surface area contributed by atoms with Crippen LogP contribution in [-0.2, 0) is 0 Å². The molecule has 2 aliphatic heterocycles. The summed E-state index contributed by atoms with van der Waals surface area (Å²) >= 11 is 0. The lowest BCUT2D eigenvalue weighted by atomic mass is 9.98. The van der Waals surface area contributed by atoms with Gasteiger partial charge in [-0.05, 0) is 93.9 Å². The van der Waals surface area contributed by atoms with Crippen molar-refractivity contribution in [3.8, 4) is 0 Å². The number of fused-ring (bicyclic) bond motifs is 1. The van der Waals surface area contributed by atoms with Crippen LogP contribution in [0.4, 0.5) is 11.4 Å². The van der Waals surface area contributed by atoms with E-state index in [1.807, 2.05) is 4.90 Å². The summed E-state index contributed by atoms with van der Waals surface area (Å²) in [5.41, 5.74) is 15.6. The van der Waals surface area contributed by atoms with Crippen LogP contribution in [0.15, 0.2) is 53.7 Å². The molecule has 2 heterocycles. The van der Waals surface area contributed by atoms with Gasteiger partial charge in [0.2, 0.25) is 0 Å². The Bertz CT molecular complexity index is 1210. The maximum atomic E-state index is 13.5. The topological polar surface area (TPSA) is 52.8 Å². The fraction of sp³-hybridized carbons (Fsp3) is 0.452. The first-order chi connectivity index (χ1) is 17.4. The van der Waals surface area contributed by atoms with Gasteiger partial charge >= 0.3 is 0 Å². The lowest BCUT2D eigenvalue weighted by molar-refractivity contribution is 0.0708.